The maximum Gasteiger partial charge on any atom is 0.207 e. The molecule has 0 aliphatic rings. The molecule has 0 radical (unpaired) electrons. The standard InChI is InChI=1S/C19H23N3O2/c20-19(21)16-8-4-7-15(9-16)10-17(12-23)18(22-13-24)11-14-5-2-1-3-6-14/h1-9,13,17-18,23H,10-12H2,(H3,20,21)(H,22,24). The van der Waals surface area contributed by atoms with Crippen LogP contribution in [0.15, 0.2) is 54.6 Å². The number of hydrogen-bond donors (Lipinski definition) is 4. The van der Waals surface area contributed by atoms with Crippen molar-refractivity contribution >= 4 is 12.2 Å². The summed E-state index contributed by atoms with van der Waals surface area (Å²) in [6.07, 6.45) is 1.93. The average molecular weight is 325 g/mol. The van der Waals surface area contributed by atoms with Crippen molar-refractivity contribution in [2.45, 2.75) is 18.9 Å². The first-order chi connectivity index (χ1) is 11.6. The van der Waals surface area contributed by atoms with Gasteiger partial charge in [-0.15, -0.1) is 0 Å². The Morgan fingerprint density at radius 2 is 1.83 bits per heavy atom. The maximum absolute atomic E-state index is 11.0. The Morgan fingerprint density at radius 1 is 1.12 bits per heavy atom. The van der Waals surface area contributed by atoms with Gasteiger partial charge < -0.3 is 16.2 Å². The first-order valence-corrected chi connectivity index (χ1v) is 7.92. The number of hydrogen-bond acceptors (Lipinski definition) is 3. The van der Waals surface area contributed by atoms with E-state index in [0.717, 1.165) is 11.1 Å². The van der Waals surface area contributed by atoms with Gasteiger partial charge in [0.2, 0.25) is 6.41 Å². The van der Waals surface area contributed by atoms with E-state index in [2.05, 4.69) is 5.32 Å². The number of nitrogens with two attached hydrogens (primary N) is 1. The molecule has 126 valence electrons. The van der Waals surface area contributed by atoms with E-state index in [0.29, 0.717) is 24.8 Å². The zero-order valence-corrected chi connectivity index (χ0v) is 13.5. The van der Waals surface area contributed by atoms with Gasteiger partial charge in [-0.1, -0.05) is 48.5 Å². The fourth-order valence-electron chi connectivity index (χ4n) is 2.82. The molecule has 0 heterocycles. The molecule has 0 fully saturated rings. The van der Waals surface area contributed by atoms with Crippen LogP contribution in [0.5, 0.6) is 0 Å². The summed E-state index contributed by atoms with van der Waals surface area (Å²) in [6.45, 7) is -0.0390. The molecule has 2 atom stereocenters. The first-order valence-electron chi connectivity index (χ1n) is 7.92. The number of amidine groups is 1. The highest BCUT2D eigenvalue weighted by Crippen LogP contribution is 2.17. The molecule has 1 amide bonds. The van der Waals surface area contributed by atoms with Crippen LogP contribution in [0.2, 0.25) is 0 Å². The monoisotopic (exact) mass is 325 g/mol. The van der Waals surface area contributed by atoms with Crippen molar-refractivity contribution in [2.75, 3.05) is 6.61 Å². The molecule has 24 heavy (non-hydrogen) atoms. The molecule has 5 nitrogen and oxygen atoms in total. The molecule has 0 aliphatic carbocycles. The minimum Gasteiger partial charge on any atom is -0.396 e. The third-order valence-corrected chi connectivity index (χ3v) is 4.12. The predicted octanol–water partition coefficient (Wildman–Crippen LogP) is 1.48. The van der Waals surface area contributed by atoms with Crippen molar-refractivity contribution in [1.29, 1.82) is 5.41 Å². The van der Waals surface area contributed by atoms with Gasteiger partial charge in [0.25, 0.3) is 0 Å². The summed E-state index contributed by atoms with van der Waals surface area (Å²) in [4.78, 5) is 11.0. The van der Waals surface area contributed by atoms with E-state index >= 15 is 0 Å². The number of nitrogen functional groups attached to an aromatic ring is 1. The summed E-state index contributed by atoms with van der Waals surface area (Å²) in [5.74, 6) is -0.109. The van der Waals surface area contributed by atoms with Crippen LogP contribution in [0, 0.1) is 11.3 Å². The lowest BCUT2D eigenvalue weighted by Crippen LogP contribution is -2.40. The van der Waals surface area contributed by atoms with Gasteiger partial charge in [0, 0.05) is 24.1 Å². The molecule has 0 saturated carbocycles. The topological polar surface area (TPSA) is 99.2 Å². The third kappa shape index (κ3) is 4.93. The van der Waals surface area contributed by atoms with Crippen molar-refractivity contribution in [1.82, 2.24) is 5.32 Å². The van der Waals surface area contributed by atoms with Gasteiger partial charge in [0.05, 0.1) is 0 Å². The Kier molecular flexibility index (Phi) is 6.51. The van der Waals surface area contributed by atoms with Crippen LogP contribution in [-0.2, 0) is 17.6 Å². The van der Waals surface area contributed by atoms with Crippen molar-refractivity contribution in [3.8, 4) is 0 Å². The Bertz CT molecular complexity index is 673. The van der Waals surface area contributed by atoms with Crippen LogP contribution >= 0.6 is 0 Å². The van der Waals surface area contributed by atoms with E-state index in [1.807, 2.05) is 48.5 Å². The third-order valence-electron chi connectivity index (χ3n) is 4.12. The number of carbonyl (C=O) groups excluding carboxylic acids is 1. The molecule has 5 N–H and O–H groups in total. The number of benzene rings is 2. The summed E-state index contributed by atoms with van der Waals surface area (Å²) in [5.41, 5.74) is 8.27. The molecule has 2 aromatic carbocycles. The molecular weight excluding hydrogens is 302 g/mol. The molecule has 2 rings (SSSR count). The highest BCUT2D eigenvalue weighted by Gasteiger charge is 2.21. The second-order valence-corrected chi connectivity index (χ2v) is 5.84. The SMILES string of the molecule is N=C(N)c1cccc(CC(CO)C(Cc2ccccc2)NC=O)c1. The van der Waals surface area contributed by atoms with Crippen molar-refractivity contribution in [3.05, 3.63) is 71.3 Å². The minimum absolute atomic E-state index is 0.0178. The van der Waals surface area contributed by atoms with Crippen LogP contribution in [0.4, 0.5) is 0 Å². The molecular formula is C19H23N3O2. The lowest BCUT2D eigenvalue weighted by Gasteiger charge is -2.25. The molecule has 0 aromatic heterocycles. The van der Waals surface area contributed by atoms with E-state index in [1.165, 1.54) is 0 Å². The van der Waals surface area contributed by atoms with Crippen LogP contribution in [-0.4, -0.2) is 30.0 Å². The molecule has 2 unspecified atom stereocenters. The molecule has 2 aromatic rings. The smallest absolute Gasteiger partial charge is 0.207 e. The normalized spacial score (nSPS) is 13.0. The largest absolute Gasteiger partial charge is 0.396 e. The second-order valence-electron chi connectivity index (χ2n) is 5.84. The highest BCUT2D eigenvalue weighted by atomic mass is 16.3. The van der Waals surface area contributed by atoms with Crippen LogP contribution < -0.4 is 11.1 Å². The van der Waals surface area contributed by atoms with Gasteiger partial charge in [-0.2, -0.15) is 0 Å². The van der Waals surface area contributed by atoms with Gasteiger partial charge in [0.15, 0.2) is 0 Å². The van der Waals surface area contributed by atoms with Crippen molar-refractivity contribution in [2.24, 2.45) is 11.7 Å². The molecule has 0 bridgehead atoms. The number of aliphatic hydroxyl groups excluding tert-OH is 1. The second kappa shape index (κ2) is 8.84. The van der Waals surface area contributed by atoms with Crippen molar-refractivity contribution in [3.63, 3.8) is 0 Å². The fraction of sp³-hybridized carbons (Fsp3) is 0.263. The van der Waals surface area contributed by atoms with Crippen LogP contribution in [0.25, 0.3) is 0 Å². The summed E-state index contributed by atoms with van der Waals surface area (Å²) in [6, 6.07) is 17.1. The molecule has 5 heteroatoms. The van der Waals surface area contributed by atoms with Gasteiger partial charge in [-0.3, -0.25) is 10.2 Å². The zero-order valence-electron chi connectivity index (χ0n) is 13.5. The number of rotatable bonds is 9. The Balaban J connectivity index is 2.15. The van der Waals surface area contributed by atoms with E-state index in [1.54, 1.807) is 6.07 Å². The fourth-order valence-corrected chi connectivity index (χ4v) is 2.82. The highest BCUT2D eigenvalue weighted by molar-refractivity contribution is 5.95. The lowest BCUT2D eigenvalue weighted by atomic mass is 9.88. The van der Waals surface area contributed by atoms with E-state index < -0.39 is 0 Å². The van der Waals surface area contributed by atoms with E-state index in [9.17, 15) is 9.90 Å². The van der Waals surface area contributed by atoms with Gasteiger partial charge in [-0.25, -0.2) is 0 Å². The van der Waals surface area contributed by atoms with Crippen LogP contribution in [0.3, 0.4) is 0 Å². The summed E-state index contributed by atoms with van der Waals surface area (Å²) in [7, 11) is 0. The minimum atomic E-state index is -0.170. The Morgan fingerprint density at radius 3 is 2.46 bits per heavy atom. The average Bonchev–Trinajstić information content (AvgIpc) is 2.60. The summed E-state index contributed by atoms with van der Waals surface area (Å²) < 4.78 is 0. The Hall–Kier alpha value is -2.66. The number of aliphatic hydroxyl groups is 1. The number of amides is 1. The number of nitrogens with one attached hydrogen (secondary N) is 2. The molecule has 0 saturated heterocycles. The summed E-state index contributed by atoms with van der Waals surface area (Å²) in [5, 5.41) is 20.2. The van der Waals surface area contributed by atoms with Crippen LogP contribution in [0.1, 0.15) is 16.7 Å². The number of carbonyl (C=O) groups is 1. The molecule has 0 aliphatic heterocycles. The van der Waals surface area contributed by atoms with Gasteiger partial charge in [-0.05, 0) is 30.0 Å². The lowest BCUT2D eigenvalue weighted by molar-refractivity contribution is -0.110. The van der Waals surface area contributed by atoms with Gasteiger partial charge >= 0.3 is 0 Å². The zero-order chi connectivity index (χ0) is 17.4. The quantitative estimate of drug-likeness (QED) is 0.319. The first kappa shape index (κ1) is 17.7. The van der Waals surface area contributed by atoms with E-state index in [4.69, 9.17) is 11.1 Å². The Labute approximate surface area is 142 Å². The van der Waals surface area contributed by atoms with Crippen molar-refractivity contribution < 1.29 is 9.90 Å². The molecule has 0 spiro atoms. The van der Waals surface area contributed by atoms with E-state index in [-0.39, 0.29) is 24.4 Å². The predicted molar refractivity (Wildman–Crippen MR) is 94.9 cm³/mol. The summed E-state index contributed by atoms with van der Waals surface area (Å²) >= 11 is 0. The maximum atomic E-state index is 11.0. The van der Waals surface area contributed by atoms with Gasteiger partial charge in [0.1, 0.15) is 5.84 Å².